The molecule has 160 valence electrons. The number of benzene rings is 2. The zero-order valence-electron chi connectivity index (χ0n) is 16.3. The van der Waals surface area contributed by atoms with Crippen LogP contribution in [0.2, 0.25) is 0 Å². The highest BCUT2D eigenvalue weighted by molar-refractivity contribution is 7.88. The van der Waals surface area contributed by atoms with Crippen LogP contribution in [0.4, 0.5) is 5.69 Å². The van der Waals surface area contributed by atoms with Crippen molar-refractivity contribution in [3.63, 3.8) is 0 Å². The van der Waals surface area contributed by atoms with Crippen LogP contribution >= 0.6 is 11.3 Å². The van der Waals surface area contributed by atoms with E-state index < -0.39 is 27.0 Å². The largest absolute Gasteiger partial charge is 0.286 e. The molecule has 3 aromatic rings. The Labute approximate surface area is 182 Å². The fourth-order valence-corrected chi connectivity index (χ4v) is 5.47. The van der Waals surface area contributed by atoms with Gasteiger partial charge in [-0.1, -0.05) is 49.4 Å². The smallest absolute Gasteiger partial charge is 0.222 e. The predicted octanol–water partition coefficient (Wildman–Crippen LogP) is 3.05. The third-order valence-electron chi connectivity index (χ3n) is 4.36. The van der Waals surface area contributed by atoms with Gasteiger partial charge in [-0.2, -0.15) is 0 Å². The summed E-state index contributed by atoms with van der Waals surface area (Å²) in [5.41, 5.74) is 2.70. The molecular weight excluding hydrogens is 442 g/mol. The van der Waals surface area contributed by atoms with Gasteiger partial charge in [-0.05, 0) is 36.1 Å². The van der Waals surface area contributed by atoms with Crippen molar-refractivity contribution in [2.75, 3.05) is 4.72 Å². The average molecular weight is 466 g/mol. The van der Waals surface area contributed by atoms with Crippen molar-refractivity contribution in [2.24, 2.45) is 0 Å². The highest BCUT2D eigenvalue weighted by atomic mass is 32.2. The number of hydrogen-bond acceptors (Lipinski definition) is 6. The fraction of sp³-hybridized carbons (Fsp3) is 0.250. The lowest BCUT2D eigenvalue weighted by atomic mass is 10.0. The van der Waals surface area contributed by atoms with Crippen LogP contribution in [0.15, 0.2) is 60.0 Å². The highest BCUT2D eigenvalue weighted by Crippen LogP contribution is 2.23. The lowest BCUT2D eigenvalue weighted by Crippen LogP contribution is -2.31. The van der Waals surface area contributed by atoms with Crippen molar-refractivity contribution in [1.82, 2.24) is 9.71 Å². The molecule has 0 aliphatic rings. The molecule has 0 saturated carbocycles. The number of rotatable bonds is 10. The van der Waals surface area contributed by atoms with Gasteiger partial charge in [-0.3, -0.25) is 4.72 Å². The third-order valence-corrected chi connectivity index (χ3v) is 7.17. The molecule has 2 aromatic carbocycles. The molecule has 0 aliphatic carbocycles. The minimum Gasteiger partial charge on any atom is -0.286 e. The number of aryl methyl sites for hydroxylation is 1. The standard InChI is InChI=1S/C20H23N3O4S3/c1-2-20-21-19(13-28-20)18(12-15-8-10-17(11-9-15)22-29(24)25)23-30(26,27)14-16-6-4-3-5-7-16/h3-11,13,18,23,29H,2,12,14H2,1H3,(H,22,24,25)/t18-/m0/s1. The van der Waals surface area contributed by atoms with E-state index in [1.165, 1.54) is 11.3 Å². The number of thiazole rings is 1. The Hall–Kier alpha value is -2.27. The van der Waals surface area contributed by atoms with E-state index in [1.54, 1.807) is 36.4 Å². The first-order valence-corrected chi connectivity index (χ1v) is 13.0. The van der Waals surface area contributed by atoms with Gasteiger partial charge < -0.3 is 0 Å². The summed E-state index contributed by atoms with van der Waals surface area (Å²) in [6.45, 7) is 2.00. The number of aromatic nitrogens is 1. The van der Waals surface area contributed by atoms with Crippen LogP contribution in [0.25, 0.3) is 0 Å². The Morgan fingerprint density at radius 1 is 1.03 bits per heavy atom. The van der Waals surface area contributed by atoms with Gasteiger partial charge in [0.15, 0.2) is 0 Å². The zero-order valence-corrected chi connectivity index (χ0v) is 18.8. The quantitative estimate of drug-likeness (QED) is 0.399. The van der Waals surface area contributed by atoms with E-state index in [-0.39, 0.29) is 5.75 Å². The molecule has 10 heteroatoms. The first kappa shape index (κ1) is 22.4. The number of sulfonamides is 1. The van der Waals surface area contributed by atoms with Gasteiger partial charge in [0.2, 0.25) is 20.9 Å². The van der Waals surface area contributed by atoms with Crippen LogP contribution in [0.5, 0.6) is 0 Å². The van der Waals surface area contributed by atoms with Crippen molar-refractivity contribution >= 4 is 37.9 Å². The molecule has 0 aliphatic heterocycles. The molecule has 0 spiro atoms. The summed E-state index contributed by atoms with van der Waals surface area (Å²) in [6, 6.07) is 15.3. The molecule has 30 heavy (non-hydrogen) atoms. The van der Waals surface area contributed by atoms with E-state index in [1.807, 2.05) is 30.5 Å². The SMILES string of the molecule is CCc1nc([C@H](Cc2ccc(N[SH](=O)=O)cc2)NS(=O)(=O)Cc2ccccc2)cs1. The summed E-state index contributed by atoms with van der Waals surface area (Å²) in [5.74, 6) is -0.117. The maximum absolute atomic E-state index is 12.8. The highest BCUT2D eigenvalue weighted by Gasteiger charge is 2.22. The molecule has 0 radical (unpaired) electrons. The Morgan fingerprint density at radius 2 is 1.73 bits per heavy atom. The van der Waals surface area contributed by atoms with Gasteiger partial charge in [-0.15, -0.1) is 11.3 Å². The number of anilines is 1. The van der Waals surface area contributed by atoms with Gasteiger partial charge in [0.1, 0.15) is 0 Å². The van der Waals surface area contributed by atoms with Crippen molar-refractivity contribution < 1.29 is 16.8 Å². The molecular formula is C20H23N3O4S3. The minimum atomic E-state index is -3.60. The van der Waals surface area contributed by atoms with E-state index in [9.17, 15) is 16.8 Å². The molecule has 1 heterocycles. The van der Waals surface area contributed by atoms with E-state index in [0.29, 0.717) is 23.4 Å². The summed E-state index contributed by atoms with van der Waals surface area (Å²) < 4.78 is 52.3. The molecule has 1 atom stereocenters. The summed E-state index contributed by atoms with van der Waals surface area (Å²) >= 11 is 1.50. The number of thiol groups is 1. The fourth-order valence-electron chi connectivity index (χ4n) is 2.96. The van der Waals surface area contributed by atoms with Crippen LogP contribution in [0.1, 0.15) is 34.8 Å². The Balaban J connectivity index is 1.81. The van der Waals surface area contributed by atoms with Crippen LogP contribution < -0.4 is 9.44 Å². The predicted molar refractivity (Wildman–Crippen MR) is 121 cm³/mol. The molecule has 0 bridgehead atoms. The first-order valence-electron chi connectivity index (χ1n) is 9.33. The number of nitrogens with zero attached hydrogens (tertiary/aromatic N) is 1. The van der Waals surface area contributed by atoms with Gasteiger partial charge >= 0.3 is 0 Å². The average Bonchev–Trinajstić information content (AvgIpc) is 3.18. The summed E-state index contributed by atoms with van der Waals surface area (Å²) in [7, 11) is -6.33. The molecule has 3 rings (SSSR count). The molecule has 0 saturated heterocycles. The van der Waals surface area contributed by atoms with Gasteiger partial charge in [-0.25, -0.2) is 26.5 Å². The number of hydrogen-bond donors (Lipinski definition) is 3. The second-order valence-electron chi connectivity index (χ2n) is 6.70. The van der Waals surface area contributed by atoms with E-state index in [2.05, 4.69) is 14.4 Å². The van der Waals surface area contributed by atoms with E-state index in [4.69, 9.17) is 0 Å². The molecule has 1 aromatic heterocycles. The van der Waals surface area contributed by atoms with Crippen LogP contribution in [-0.4, -0.2) is 21.8 Å². The van der Waals surface area contributed by atoms with Crippen LogP contribution in [0, 0.1) is 0 Å². The second kappa shape index (κ2) is 10.2. The monoisotopic (exact) mass is 465 g/mol. The molecule has 2 N–H and O–H groups in total. The maximum Gasteiger partial charge on any atom is 0.222 e. The first-order chi connectivity index (χ1) is 14.3. The lowest BCUT2D eigenvalue weighted by Gasteiger charge is -2.18. The Bertz CT molecular complexity index is 1130. The van der Waals surface area contributed by atoms with Crippen molar-refractivity contribution in [2.45, 2.75) is 31.6 Å². The van der Waals surface area contributed by atoms with Gasteiger partial charge in [0.25, 0.3) is 0 Å². The summed E-state index contributed by atoms with van der Waals surface area (Å²) in [4.78, 5) is 4.57. The minimum absolute atomic E-state index is 0.117. The zero-order chi connectivity index (χ0) is 21.6. The summed E-state index contributed by atoms with van der Waals surface area (Å²) in [6.07, 6.45) is 1.17. The normalized spacial score (nSPS) is 12.7. The van der Waals surface area contributed by atoms with Gasteiger partial charge in [0, 0.05) is 11.1 Å². The van der Waals surface area contributed by atoms with Crippen molar-refractivity contribution in [3.05, 3.63) is 81.8 Å². The molecule has 0 fully saturated rings. The van der Waals surface area contributed by atoms with Gasteiger partial charge in [0.05, 0.1) is 22.5 Å². The lowest BCUT2D eigenvalue weighted by molar-refractivity contribution is 0.549. The summed E-state index contributed by atoms with van der Waals surface area (Å²) in [5, 5.41) is 2.82. The van der Waals surface area contributed by atoms with Crippen LogP contribution in [0.3, 0.4) is 0 Å². The number of nitrogens with one attached hydrogen (secondary N) is 2. The second-order valence-corrected chi connectivity index (χ2v) is 10.1. The molecule has 7 nitrogen and oxygen atoms in total. The maximum atomic E-state index is 12.8. The molecule has 0 amide bonds. The van der Waals surface area contributed by atoms with Crippen molar-refractivity contribution in [1.29, 1.82) is 0 Å². The van der Waals surface area contributed by atoms with E-state index in [0.717, 1.165) is 17.0 Å². The third kappa shape index (κ3) is 6.63. The van der Waals surface area contributed by atoms with Crippen molar-refractivity contribution in [3.8, 4) is 0 Å². The molecule has 0 unspecified atom stereocenters. The van der Waals surface area contributed by atoms with E-state index >= 15 is 0 Å². The Morgan fingerprint density at radius 3 is 2.33 bits per heavy atom. The Kier molecular flexibility index (Phi) is 7.59. The topological polar surface area (TPSA) is 105 Å². The van der Waals surface area contributed by atoms with Crippen LogP contribution in [-0.2, 0) is 39.5 Å².